The highest BCUT2D eigenvalue weighted by Gasteiger charge is 2.33. The lowest BCUT2D eigenvalue weighted by Crippen LogP contribution is -2.40. The Morgan fingerprint density at radius 3 is 2.49 bits per heavy atom. The van der Waals surface area contributed by atoms with E-state index in [-0.39, 0.29) is 11.5 Å². The van der Waals surface area contributed by atoms with Crippen LogP contribution in [-0.4, -0.2) is 29.3 Å². The molecule has 0 aliphatic carbocycles. The number of carbonyl (C=O) groups is 1. The van der Waals surface area contributed by atoms with Crippen molar-refractivity contribution in [3.63, 3.8) is 0 Å². The van der Waals surface area contributed by atoms with Crippen LogP contribution < -0.4 is 29.7 Å². The minimum atomic E-state index is -0.732. The van der Waals surface area contributed by atoms with Crippen molar-refractivity contribution in [2.45, 2.75) is 13.0 Å². The van der Waals surface area contributed by atoms with Gasteiger partial charge in [-0.05, 0) is 48.9 Å². The van der Waals surface area contributed by atoms with Gasteiger partial charge in [-0.25, -0.2) is 4.99 Å². The Morgan fingerprint density at radius 1 is 1.00 bits per heavy atom. The first-order valence-electron chi connectivity index (χ1n) is 13.0. The van der Waals surface area contributed by atoms with Crippen LogP contribution in [-0.2, 0) is 11.8 Å². The zero-order valence-electron chi connectivity index (χ0n) is 23.0. The molecule has 0 spiro atoms. The van der Waals surface area contributed by atoms with E-state index >= 15 is 0 Å². The molecular weight excluding hydrogens is 536 g/mol. The number of hydrogen-bond acceptors (Lipinski definition) is 6. The van der Waals surface area contributed by atoms with Gasteiger partial charge in [-0.1, -0.05) is 53.8 Å². The molecule has 206 valence electrons. The molecule has 0 unspecified atom stereocenters. The molecule has 9 heteroatoms. The number of amides is 1. The summed E-state index contributed by atoms with van der Waals surface area (Å²) < 4.78 is 15.2. The van der Waals surface area contributed by atoms with E-state index in [0.717, 1.165) is 16.5 Å². The van der Waals surface area contributed by atoms with Crippen LogP contribution >= 0.6 is 11.3 Å². The van der Waals surface area contributed by atoms with Crippen LogP contribution in [0.2, 0.25) is 0 Å². The molecule has 6 rings (SSSR count). The van der Waals surface area contributed by atoms with Gasteiger partial charge < -0.3 is 19.4 Å². The van der Waals surface area contributed by atoms with Gasteiger partial charge in [-0.15, -0.1) is 0 Å². The Balaban J connectivity index is 1.55. The van der Waals surface area contributed by atoms with Crippen LogP contribution in [0.3, 0.4) is 0 Å². The monoisotopic (exact) mass is 564 g/mol. The molecule has 5 aromatic rings. The molecule has 8 nitrogen and oxygen atoms in total. The fourth-order valence-corrected chi connectivity index (χ4v) is 6.34. The molecule has 1 atom stereocenters. The standard InChI is InChI=1S/C32H28N4O4S/c1-19-28(30(37)34-22-10-6-5-7-11-22)29(20-14-15-25(39-3)26(16-20)40-4)36-31(38)27(41-32(36)33-19)17-21-18-35(2)24-13-9-8-12-23(21)24/h5-18,29H,1-4H3,(H,34,37)/b27-17-/t29-/m1/s1. The third-order valence-corrected chi connectivity index (χ3v) is 8.22. The van der Waals surface area contributed by atoms with Gasteiger partial charge in [0.1, 0.15) is 0 Å². The van der Waals surface area contributed by atoms with Crippen molar-refractivity contribution in [3.8, 4) is 11.5 Å². The predicted molar refractivity (Wildman–Crippen MR) is 161 cm³/mol. The first-order chi connectivity index (χ1) is 19.9. The van der Waals surface area contributed by atoms with Gasteiger partial charge in [0.2, 0.25) is 0 Å². The minimum absolute atomic E-state index is 0.223. The number of para-hydroxylation sites is 2. The average Bonchev–Trinajstić information content (AvgIpc) is 3.47. The van der Waals surface area contributed by atoms with E-state index in [2.05, 4.69) is 5.32 Å². The van der Waals surface area contributed by atoms with Crippen molar-refractivity contribution < 1.29 is 14.3 Å². The first-order valence-corrected chi connectivity index (χ1v) is 13.9. The zero-order valence-corrected chi connectivity index (χ0v) is 23.9. The van der Waals surface area contributed by atoms with Crippen molar-refractivity contribution in [1.82, 2.24) is 9.13 Å². The maximum Gasteiger partial charge on any atom is 0.271 e. The maximum absolute atomic E-state index is 14.1. The number of carbonyl (C=O) groups excluding carboxylic acids is 1. The van der Waals surface area contributed by atoms with E-state index in [0.29, 0.717) is 43.4 Å². The molecule has 1 aliphatic heterocycles. The first kappa shape index (κ1) is 26.3. The maximum atomic E-state index is 14.1. The SMILES string of the molecule is COc1ccc([C@@H]2C(C(=O)Nc3ccccc3)=C(C)N=c3s/c(=C\c4cn(C)c5ccccc45)c(=O)n32)cc1OC. The average molecular weight is 565 g/mol. The number of thiazole rings is 1. The zero-order chi connectivity index (χ0) is 28.7. The van der Waals surface area contributed by atoms with Crippen molar-refractivity contribution in [3.05, 3.63) is 121 Å². The molecule has 1 N–H and O–H groups in total. The number of benzene rings is 3. The molecule has 3 heterocycles. The third-order valence-electron chi connectivity index (χ3n) is 7.24. The van der Waals surface area contributed by atoms with Gasteiger partial charge >= 0.3 is 0 Å². The molecule has 0 saturated carbocycles. The topological polar surface area (TPSA) is 86.9 Å². The Labute approximate surface area is 240 Å². The molecule has 0 bridgehead atoms. The van der Waals surface area contributed by atoms with Crippen LogP contribution in [0.15, 0.2) is 100 Å². The largest absolute Gasteiger partial charge is 0.493 e. The van der Waals surface area contributed by atoms with E-state index in [1.165, 1.54) is 11.3 Å². The van der Waals surface area contributed by atoms with Gasteiger partial charge in [0.25, 0.3) is 11.5 Å². The summed E-state index contributed by atoms with van der Waals surface area (Å²) >= 11 is 1.31. The molecule has 0 saturated heterocycles. The number of hydrogen-bond donors (Lipinski definition) is 1. The fraction of sp³-hybridized carbons (Fsp3) is 0.156. The second-order valence-corrected chi connectivity index (χ2v) is 10.7. The van der Waals surface area contributed by atoms with Gasteiger partial charge in [-0.3, -0.25) is 14.2 Å². The fourth-order valence-electron chi connectivity index (χ4n) is 5.30. The lowest BCUT2D eigenvalue weighted by atomic mass is 9.94. The molecule has 0 fully saturated rings. The van der Waals surface area contributed by atoms with Gasteiger partial charge in [-0.2, -0.15) is 0 Å². The molecule has 1 aliphatic rings. The molecule has 1 amide bonds. The number of aromatic nitrogens is 2. The highest BCUT2D eigenvalue weighted by molar-refractivity contribution is 7.07. The number of ether oxygens (including phenoxy) is 2. The van der Waals surface area contributed by atoms with Crippen molar-refractivity contribution in [2.24, 2.45) is 12.0 Å². The lowest BCUT2D eigenvalue weighted by molar-refractivity contribution is -0.113. The Bertz CT molecular complexity index is 2020. The summed E-state index contributed by atoms with van der Waals surface area (Å²) in [5.41, 5.74) is 4.06. The van der Waals surface area contributed by atoms with Gasteiger partial charge in [0, 0.05) is 35.4 Å². The number of methoxy groups -OCH3 is 2. The summed E-state index contributed by atoms with van der Waals surface area (Å²) in [4.78, 5) is 33.2. The van der Waals surface area contributed by atoms with E-state index in [1.807, 2.05) is 84.6 Å². The predicted octanol–water partition coefficient (Wildman–Crippen LogP) is 4.38. The molecule has 0 radical (unpaired) electrons. The van der Waals surface area contributed by atoms with E-state index in [9.17, 15) is 9.59 Å². The number of rotatable bonds is 6. The third kappa shape index (κ3) is 4.64. The number of nitrogens with zero attached hydrogens (tertiary/aromatic N) is 3. The van der Waals surface area contributed by atoms with Crippen LogP contribution in [0.25, 0.3) is 17.0 Å². The van der Waals surface area contributed by atoms with Crippen LogP contribution in [0, 0.1) is 0 Å². The summed E-state index contributed by atoms with van der Waals surface area (Å²) in [6, 6.07) is 22.0. The number of aryl methyl sites for hydroxylation is 1. The summed E-state index contributed by atoms with van der Waals surface area (Å²) in [5, 5.41) is 4.03. The quantitative estimate of drug-likeness (QED) is 0.332. The van der Waals surface area contributed by atoms with E-state index in [4.69, 9.17) is 14.5 Å². The second-order valence-electron chi connectivity index (χ2n) is 9.73. The molecule has 3 aromatic carbocycles. The van der Waals surface area contributed by atoms with Crippen LogP contribution in [0.1, 0.15) is 24.1 Å². The minimum Gasteiger partial charge on any atom is -0.493 e. The Morgan fingerprint density at radius 2 is 1.73 bits per heavy atom. The van der Waals surface area contributed by atoms with Crippen LogP contribution in [0.5, 0.6) is 11.5 Å². The smallest absolute Gasteiger partial charge is 0.271 e. The summed E-state index contributed by atoms with van der Waals surface area (Å²) in [6.07, 6.45) is 3.92. The lowest BCUT2D eigenvalue weighted by Gasteiger charge is -2.26. The normalized spacial score (nSPS) is 15.0. The van der Waals surface area contributed by atoms with E-state index < -0.39 is 6.04 Å². The number of anilines is 1. The molecule has 2 aromatic heterocycles. The highest BCUT2D eigenvalue weighted by atomic mass is 32.1. The second kappa shape index (κ2) is 10.6. The van der Waals surface area contributed by atoms with Crippen molar-refractivity contribution in [1.29, 1.82) is 0 Å². The number of allylic oxidation sites excluding steroid dienone is 1. The summed E-state index contributed by atoms with van der Waals surface area (Å²) in [5.74, 6) is 0.719. The summed E-state index contributed by atoms with van der Waals surface area (Å²) in [6.45, 7) is 1.80. The van der Waals surface area contributed by atoms with Crippen molar-refractivity contribution >= 4 is 39.9 Å². The Kier molecular flexibility index (Phi) is 6.80. The highest BCUT2D eigenvalue weighted by Crippen LogP contribution is 2.36. The Hall–Kier alpha value is -4.89. The van der Waals surface area contributed by atoms with E-state index in [1.54, 1.807) is 37.8 Å². The van der Waals surface area contributed by atoms with Gasteiger partial charge in [0.15, 0.2) is 16.3 Å². The summed E-state index contributed by atoms with van der Waals surface area (Å²) in [7, 11) is 5.11. The molecule has 41 heavy (non-hydrogen) atoms. The number of nitrogens with one attached hydrogen (secondary N) is 1. The molecular formula is C32H28N4O4S. The number of fused-ring (bicyclic) bond motifs is 2. The van der Waals surface area contributed by atoms with Crippen LogP contribution in [0.4, 0.5) is 5.69 Å². The van der Waals surface area contributed by atoms with Gasteiger partial charge in [0.05, 0.1) is 36.1 Å². The van der Waals surface area contributed by atoms with Crippen molar-refractivity contribution in [2.75, 3.05) is 19.5 Å².